The number of nitrogens with zero attached hydrogens (tertiary/aromatic N) is 2. The molecule has 2 rings (SSSR count). The summed E-state index contributed by atoms with van der Waals surface area (Å²) in [6.07, 6.45) is 1.04. The Hall–Kier alpha value is -1.00. The molecule has 4 heteroatoms. The molecule has 0 radical (unpaired) electrons. The monoisotopic (exact) mass is 291 g/mol. The first-order valence-electron chi connectivity index (χ1n) is 7.95. The third-order valence-electron chi connectivity index (χ3n) is 4.07. The number of rotatable bonds is 4. The van der Waals surface area contributed by atoms with Crippen molar-refractivity contribution in [3.63, 3.8) is 0 Å². The third-order valence-corrected chi connectivity index (χ3v) is 4.07. The predicted molar refractivity (Wildman–Crippen MR) is 85.9 cm³/mol. The maximum absolute atomic E-state index is 5.45. The van der Waals surface area contributed by atoms with Gasteiger partial charge in [-0.2, -0.15) is 0 Å². The molecule has 1 N–H and O–H groups in total. The number of nitrogens with one attached hydrogen (secondary N) is 1. The molecule has 0 aliphatic carbocycles. The average Bonchev–Trinajstić information content (AvgIpc) is 2.88. The van der Waals surface area contributed by atoms with E-state index in [0.717, 1.165) is 43.4 Å². The Balaban J connectivity index is 2.16. The summed E-state index contributed by atoms with van der Waals surface area (Å²) in [6.45, 7) is 15.6. The van der Waals surface area contributed by atoms with Gasteiger partial charge in [0.05, 0.1) is 6.61 Å². The quantitative estimate of drug-likeness (QED) is 0.926. The highest BCUT2D eigenvalue weighted by atomic mass is 16.5. The van der Waals surface area contributed by atoms with Gasteiger partial charge in [-0.15, -0.1) is 0 Å². The van der Waals surface area contributed by atoms with Crippen molar-refractivity contribution < 1.29 is 4.74 Å². The van der Waals surface area contributed by atoms with Gasteiger partial charge in [-0.1, -0.05) is 6.92 Å². The summed E-state index contributed by atoms with van der Waals surface area (Å²) in [5.74, 6) is 1.75. The summed E-state index contributed by atoms with van der Waals surface area (Å²) < 4.78 is 5.45. The minimum atomic E-state index is 0.137. The Morgan fingerprint density at radius 1 is 1.24 bits per heavy atom. The van der Waals surface area contributed by atoms with Crippen LogP contribution < -0.4 is 5.32 Å². The molecule has 21 heavy (non-hydrogen) atoms. The number of hydrogen-bond donors (Lipinski definition) is 1. The van der Waals surface area contributed by atoms with E-state index in [2.05, 4.69) is 46.9 Å². The summed E-state index contributed by atoms with van der Waals surface area (Å²) >= 11 is 0. The second kappa shape index (κ2) is 6.41. The third kappa shape index (κ3) is 4.24. The van der Waals surface area contributed by atoms with Crippen LogP contribution in [0.15, 0.2) is 0 Å². The molecule has 0 amide bonds. The lowest BCUT2D eigenvalue weighted by Crippen LogP contribution is -2.38. The first-order valence-corrected chi connectivity index (χ1v) is 7.95. The minimum absolute atomic E-state index is 0.137. The molecule has 1 aromatic rings. The average molecular weight is 291 g/mol. The Labute approximate surface area is 128 Å². The first kappa shape index (κ1) is 16.4. The molecule has 1 aromatic heterocycles. The largest absolute Gasteiger partial charge is 0.381 e. The molecule has 2 unspecified atom stereocenters. The van der Waals surface area contributed by atoms with Crippen molar-refractivity contribution in [2.24, 2.45) is 0 Å². The van der Waals surface area contributed by atoms with Gasteiger partial charge in [-0.3, -0.25) is 0 Å². The molecule has 2 atom stereocenters. The fraction of sp³-hybridized carbons (Fsp3) is 0.765. The highest BCUT2D eigenvalue weighted by Gasteiger charge is 2.23. The highest BCUT2D eigenvalue weighted by Crippen LogP contribution is 2.27. The van der Waals surface area contributed by atoms with E-state index in [1.165, 1.54) is 5.56 Å². The van der Waals surface area contributed by atoms with Gasteiger partial charge in [-0.05, 0) is 52.5 Å². The van der Waals surface area contributed by atoms with Gasteiger partial charge in [0.1, 0.15) is 5.82 Å². The van der Waals surface area contributed by atoms with Gasteiger partial charge >= 0.3 is 0 Å². The topological polar surface area (TPSA) is 47.0 Å². The maximum atomic E-state index is 5.45. The zero-order chi connectivity index (χ0) is 15.6. The van der Waals surface area contributed by atoms with Crippen molar-refractivity contribution in [3.8, 4) is 0 Å². The van der Waals surface area contributed by atoms with Crippen LogP contribution in [-0.4, -0.2) is 35.3 Å². The molecule has 1 aliphatic heterocycles. The maximum Gasteiger partial charge on any atom is 0.134 e. The summed E-state index contributed by atoms with van der Waals surface area (Å²) in [4.78, 5) is 9.53. The molecule has 118 valence electrons. The summed E-state index contributed by atoms with van der Waals surface area (Å²) in [6, 6.07) is 0. The second-order valence-corrected chi connectivity index (χ2v) is 7.26. The highest BCUT2D eigenvalue weighted by molar-refractivity contribution is 5.29. The molecule has 0 saturated carbocycles. The number of aromatic nitrogens is 2. The van der Waals surface area contributed by atoms with Crippen LogP contribution in [-0.2, 0) is 4.74 Å². The van der Waals surface area contributed by atoms with E-state index in [-0.39, 0.29) is 5.54 Å². The van der Waals surface area contributed by atoms with Gasteiger partial charge in [0.2, 0.25) is 0 Å². The van der Waals surface area contributed by atoms with Gasteiger partial charge < -0.3 is 10.1 Å². The fourth-order valence-electron chi connectivity index (χ4n) is 2.95. The van der Waals surface area contributed by atoms with Crippen molar-refractivity contribution in [2.45, 2.75) is 65.3 Å². The molecular weight excluding hydrogens is 262 g/mol. The van der Waals surface area contributed by atoms with Gasteiger partial charge in [0, 0.05) is 36.0 Å². The number of hydrogen-bond acceptors (Lipinski definition) is 4. The van der Waals surface area contributed by atoms with Crippen LogP contribution in [0.5, 0.6) is 0 Å². The van der Waals surface area contributed by atoms with Crippen LogP contribution in [0.2, 0.25) is 0 Å². The number of aryl methyl sites for hydroxylation is 2. The molecule has 1 fully saturated rings. The van der Waals surface area contributed by atoms with E-state index < -0.39 is 0 Å². The summed E-state index contributed by atoms with van der Waals surface area (Å²) in [5, 5.41) is 3.57. The Morgan fingerprint density at radius 2 is 1.86 bits per heavy atom. The van der Waals surface area contributed by atoms with Crippen molar-refractivity contribution >= 4 is 0 Å². The van der Waals surface area contributed by atoms with Crippen molar-refractivity contribution in [3.05, 3.63) is 22.8 Å². The minimum Gasteiger partial charge on any atom is -0.381 e. The SMILES string of the molecule is Cc1nc(C2CCOC2)nc(C)c1C(C)CNC(C)(C)C. The molecular formula is C17H29N3O. The standard InChI is InChI=1S/C17H29N3O/c1-11(9-18-17(4,5)6)15-12(2)19-16(20-13(15)3)14-7-8-21-10-14/h11,14,18H,7-10H2,1-6H3. The lowest BCUT2D eigenvalue weighted by atomic mass is 9.96. The van der Waals surface area contributed by atoms with Crippen molar-refractivity contribution in [1.29, 1.82) is 0 Å². The number of ether oxygens (including phenoxy) is 1. The predicted octanol–water partition coefficient (Wildman–Crippen LogP) is 3.09. The van der Waals surface area contributed by atoms with Crippen molar-refractivity contribution in [1.82, 2.24) is 15.3 Å². The van der Waals surface area contributed by atoms with E-state index in [1.807, 2.05) is 0 Å². The normalized spacial score (nSPS) is 20.8. The van der Waals surface area contributed by atoms with Crippen LogP contribution in [0.25, 0.3) is 0 Å². The Bertz CT molecular complexity index is 464. The van der Waals surface area contributed by atoms with E-state index >= 15 is 0 Å². The molecule has 1 saturated heterocycles. The molecule has 0 spiro atoms. The van der Waals surface area contributed by atoms with E-state index in [4.69, 9.17) is 14.7 Å². The smallest absolute Gasteiger partial charge is 0.134 e. The first-order chi connectivity index (χ1) is 9.78. The van der Waals surface area contributed by atoms with E-state index in [1.54, 1.807) is 0 Å². The van der Waals surface area contributed by atoms with Gasteiger partial charge in [0.25, 0.3) is 0 Å². The molecule has 0 bridgehead atoms. The molecule has 1 aliphatic rings. The molecule has 4 nitrogen and oxygen atoms in total. The zero-order valence-corrected chi connectivity index (χ0v) is 14.3. The zero-order valence-electron chi connectivity index (χ0n) is 14.3. The molecule has 2 heterocycles. The summed E-state index contributed by atoms with van der Waals surface area (Å²) in [5.41, 5.74) is 3.66. The van der Waals surface area contributed by atoms with Crippen molar-refractivity contribution in [2.75, 3.05) is 19.8 Å². The van der Waals surface area contributed by atoms with Gasteiger partial charge in [-0.25, -0.2) is 9.97 Å². The van der Waals surface area contributed by atoms with Crippen LogP contribution in [0.3, 0.4) is 0 Å². The fourth-order valence-corrected chi connectivity index (χ4v) is 2.95. The molecule has 0 aromatic carbocycles. The van der Waals surface area contributed by atoms with Crippen LogP contribution in [0, 0.1) is 13.8 Å². The second-order valence-electron chi connectivity index (χ2n) is 7.26. The Kier molecular flexibility index (Phi) is 4.99. The van der Waals surface area contributed by atoms with Crippen LogP contribution in [0.1, 0.15) is 68.7 Å². The lowest BCUT2D eigenvalue weighted by molar-refractivity contribution is 0.193. The Morgan fingerprint density at radius 3 is 2.33 bits per heavy atom. The lowest BCUT2D eigenvalue weighted by Gasteiger charge is -2.25. The van der Waals surface area contributed by atoms with Gasteiger partial charge in [0.15, 0.2) is 0 Å². The summed E-state index contributed by atoms with van der Waals surface area (Å²) in [7, 11) is 0. The van der Waals surface area contributed by atoms with E-state index in [0.29, 0.717) is 11.8 Å². The van der Waals surface area contributed by atoms with Crippen LogP contribution >= 0.6 is 0 Å². The van der Waals surface area contributed by atoms with E-state index in [9.17, 15) is 0 Å². The van der Waals surface area contributed by atoms with Crippen LogP contribution in [0.4, 0.5) is 0 Å².